The molecule has 0 aliphatic rings. The van der Waals surface area contributed by atoms with Crippen LogP contribution < -0.4 is 5.56 Å². The molecule has 3 nitrogen and oxygen atoms in total. The summed E-state index contributed by atoms with van der Waals surface area (Å²) in [4.78, 5) is 16.6. The lowest BCUT2D eigenvalue weighted by Crippen LogP contribution is -2.08. The molecule has 0 saturated carbocycles. The Labute approximate surface area is 52.8 Å². The van der Waals surface area contributed by atoms with Crippen LogP contribution in [0, 0.1) is 13.8 Å². The number of aromatic amines is 1. The van der Waals surface area contributed by atoms with Gasteiger partial charge in [0.15, 0.2) is 0 Å². The average Bonchev–Trinajstić information content (AvgIpc) is 1.59. The van der Waals surface area contributed by atoms with E-state index >= 15 is 0 Å². The third-order valence-corrected chi connectivity index (χ3v) is 0.888. The molecule has 9 heavy (non-hydrogen) atoms. The van der Waals surface area contributed by atoms with Gasteiger partial charge in [-0.1, -0.05) is 0 Å². The largest absolute Gasteiger partial charge is 0.310 e. The fourth-order valence-electron chi connectivity index (χ4n) is 0.602. The van der Waals surface area contributed by atoms with E-state index in [1.165, 1.54) is 6.07 Å². The van der Waals surface area contributed by atoms with Crippen molar-refractivity contribution in [2.75, 3.05) is 0 Å². The summed E-state index contributed by atoms with van der Waals surface area (Å²) in [5.74, 6) is 0.167. The lowest BCUT2D eigenvalue weighted by Gasteiger charge is -1.90. The topological polar surface area (TPSA) is 45.8 Å². The first-order chi connectivity index (χ1) is 4.18. The number of nitrogens with one attached hydrogen (secondary N) is 1. The van der Waals surface area contributed by atoms with Gasteiger partial charge >= 0.3 is 0 Å². The number of rotatable bonds is 0. The van der Waals surface area contributed by atoms with Gasteiger partial charge in [-0.3, -0.25) is 4.79 Å². The molecule has 2 radical (unpaired) electrons. The molecule has 0 aliphatic heterocycles. The average molecular weight is 122 g/mol. The van der Waals surface area contributed by atoms with Crippen LogP contribution in [-0.2, 0) is 0 Å². The molecular weight excluding hydrogens is 116 g/mol. The Hall–Kier alpha value is -1.12. The molecular formula is C6H6N2O. The molecule has 1 rings (SSSR count). The summed E-state index contributed by atoms with van der Waals surface area (Å²) in [5, 5.41) is 0. The minimum Gasteiger partial charge on any atom is -0.310 e. The fourth-order valence-corrected chi connectivity index (χ4v) is 0.602. The van der Waals surface area contributed by atoms with Crippen LogP contribution in [0.3, 0.4) is 0 Å². The van der Waals surface area contributed by atoms with Crippen molar-refractivity contribution in [1.82, 2.24) is 9.97 Å². The summed E-state index contributed by atoms with van der Waals surface area (Å²) < 4.78 is 0. The highest BCUT2D eigenvalue weighted by Gasteiger charge is 1.88. The lowest BCUT2D eigenvalue weighted by molar-refractivity contribution is 1.02. The van der Waals surface area contributed by atoms with Crippen LogP contribution in [0.2, 0.25) is 0 Å². The van der Waals surface area contributed by atoms with Gasteiger partial charge in [0.25, 0.3) is 5.56 Å². The van der Waals surface area contributed by atoms with Crippen LogP contribution in [0.25, 0.3) is 0 Å². The number of hydrogen-bond donors (Lipinski definition) is 1. The first-order valence-corrected chi connectivity index (χ1v) is 2.52. The van der Waals surface area contributed by atoms with E-state index in [0.717, 1.165) is 0 Å². The maximum Gasteiger partial charge on any atom is 0.251 e. The van der Waals surface area contributed by atoms with E-state index in [-0.39, 0.29) is 11.4 Å². The molecule has 0 aromatic carbocycles. The van der Waals surface area contributed by atoms with Crippen molar-refractivity contribution in [3.63, 3.8) is 0 Å². The maximum absolute atomic E-state index is 10.5. The van der Waals surface area contributed by atoms with Crippen LogP contribution in [0.15, 0.2) is 10.9 Å². The lowest BCUT2D eigenvalue weighted by atomic mass is 10.4. The number of aromatic nitrogens is 2. The van der Waals surface area contributed by atoms with Crippen molar-refractivity contribution in [3.8, 4) is 0 Å². The molecule has 3 heteroatoms. The SMILES string of the molecule is [CH]c1nc(C)cc(=O)[nH]1. The van der Waals surface area contributed by atoms with Crippen molar-refractivity contribution < 1.29 is 0 Å². The molecule has 1 heterocycles. The van der Waals surface area contributed by atoms with Crippen LogP contribution in [0.4, 0.5) is 0 Å². The first kappa shape index (κ1) is 6.01. The predicted molar refractivity (Wildman–Crippen MR) is 33.0 cm³/mol. The van der Waals surface area contributed by atoms with Crippen molar-refractivity contribution in [1.29, 1.82) is 0 Å². The molecule has 0 aliphatic carbocycles. The summed E-state index contributed by atoms with van der Waals surface area (Å²) in [6, 6.07) is 1.39. The highest BCUT2D eigenvalue weighted by atomic mass is 16.1. The van der Waals surface area contributed by atoms with Gasteiger partial charge in [-0.15, -0.1) is 0 Å². The Morgan fingerprint density at radius 1 is 1.78 bits per heavy atom. The Morgan fingerprint density at radius 3 is 2.89 bits per heavy atom. The van der Waals surface area contributed by atoms with Crippen LogP contribution >= 0.6 is 0 Å². The summed E-state index contributed by atoms with van der Waals surface area (Å²) in [6.07, 6.45) is 0. The van der Waals surface area contributed by atoms with Crippen molar-refractivity contribution >= 4 is 0 Å². The van der Waals surface area contributed by atoms with Crippen molar-refractivity contribution in [2.45, 2.75) is 6.92 Å². The van der Waals surface area contributed by atoms with Gasteiger partial charge in [-0.2, -0.15) is 0 Å². The molecule has 1 N–H and O–H groups in total. The molecule has 1 aromatic heterocycles. The molecule has 0 bridgehead atoms. The predicted octanol–water partition coefficient (Wildman–Crippen LogP) is 0.138. The van der Waals surface area contributed by atoms with Crippen LogP contribution in [0.1, 0.15) is 11.5 Å². The van der Waals surface area contributed by atoms with Gasteiger partial charge in [0, 0.05) is 18.7 Å². The van der Waals surface area contributed by atoms with E-state index in [1.807, 2.05) is 0 Å². The zero-order chi connectivity index (χ0) is 6.85. The zero-order valence-electron chi connectivity index (χ0n) is 5.01. The minimum absolute atomic E-state index is 0.167. The monoisotopic (exact) mass is 122 g/mol. The highest BCUT2D eigenvalue weighted by Crippen LogP contribution is 1.84. The van der Waals surface area contributed by atoms with E-state index in [4.69, 9.17) is 6.92 Å². The van der Waals surface area contributed by atoms with Gasteiger partial charge in [0.1, 0.15) is 5.82 Å². The second-order valence-electron chi connectivity index (χ2n) is 1.77. The molecule has 0 fully saturated rings. The maximum atomic E-state index is 10.5. The Balaban J connectivity index is 3.33. The van der Waals surface area contributed by atoms with E-state index in [9.17, 15) is 4.79 Å². The molecule has 0 unspecified atom stereocenters. The normalized spacial score (nSPS) is 9.56. The van der Waals surface area contributed by atoms with E-state index in [0.29, 0.717) is 5.69 Å². The molecule has 0 saturated heterocycles. The van der Waals surface area contributed by atoms with Gasteiger partial charge in [0.2, 0.25) is 0 Å². The molecule has 0 spiro atoms. The Kier molecular flexibility index (Phi) is 1.34. The summed E-state index contributed by atoms with van der Waals surface area (Å²) >= 11 is 0. The zero-order valence-corrected chi connectivity index (χ0v) is 5.01. The van der Waals surface area contributed by atoms with E-state index < -0.39 is 0 Å². The van der Waals surface area contributed by atoms with Gasteiger partial charge in [0.05, 0.1) is 0 Å². The third kappa shape index (κ3) is 1.38. The van der Waals surface area contributed by atoms with E-state index in [2.05, 4.69) is 9.97 Å². The second-order valence-corrected chi connectivity index (χ2v) is 1.77. The molecule has 1 aromatic rings. The number of aryl methyl sites for hydroxylation is 1. The van der Waals surface area contributed by atoms with E-state index in [1.54, 1.807) is 6.92 Å². The smallest absolute Gasteiger partial charge is 0.251 e. The number of H-pyrrole nitrogens is 1. The van der Waals surface area contributed by atoms with Crippen LogP contribution in [0.5, 0.6) is 0 Å². The molecule has 46 valence electrons. The number of nitrogens with zero attached hydrogens (tertiary/aromatic N) is 1. The first-order valence-electron chi connectivity index (χ1n) is 2.52. The van der Waals surface area contributed by atoms with Crippen molar-refractivity contribution in [3.05, 3.63) is 34.9 Å². The fraction of sp³-hybridized carbons (Fsp3) is 0.167. The number of hydrogen-bond acceptors (Lipinski definition) is 2. The summed E-state index contributed by atoms with van der Waals surface area (Å²) in [5.41, 5.74) is 0.427. The molecule has 0 amide bonds. The third-order valence-electron chi connectivity index (χ3n) is 0.888. The van der Waals surface area contributed by atoms with Gasteiger partial charge in [-0.05, 0) is 6.92 Å². The Morgan fingerprint density at radius 2 is 2.44 bits per heavy atom. The minimum atomic E-state index is -0.208. The quantitative estimate of drug-likeness (QED) is 0.532. The standard InChI is InChI=1S/C6H6N2O/c1-4-3-6(9)8-5(2)7-4/h2-3H,1H3,(H,7,8,9). The van der Waals surface area contributed by atoms with Crippen LogP contribution in [-0.4, -0.2) is 9.97 Å². The highest BCUT2D eigenvalue weighted by molar-refractivity contribution is 5.01. The molecule has 0 atom stereocenters. The summed E-state index contributed by atoms with van der Waals surface area (Å²) in [7, 11) is 0. The van der Waals surface area contributed by atoms with Gasteiger partial charge in [-0.25, -0.2) is 4.98 Å². The van der Waals surface area contributed by atoms with Crippen molar-refractivity contribution in [2.24, 2.45) is 0 Å². The Bertz CT molecular complexity index is 241. The summed E-state index contributed by atoms with van der Waals surface area (Å²) in [6.45, 7) is 6.91. The second kappa shape index (κ2) is 2.01. The van der Waals surface area contributed by atoms with Gasteiger partial charge < -0.3 is 4.98 Å².